The molecular formula is C15H18ClN5. The van der Waals surface area contributed by atoms with Gasteiger partial charge in [-0.05, 0) is 31.2 Å². The molecule has 0 bridgehead atoms. The van der Waals surface area contributed by atoms with Crippen molar-refractivity contribution in [2.75, 3.05) is 25.0 Å². The summed E-state index contributed by atoms with van der Waals surface area (Å²) in [5.74, 6) is 1.68. The maximum atomic E-state index is 6.12. The Morgan fingerprint density at radius 1 is 1.43 bits per heavy atom. The number of amidine groups is 2. The number of hydrogen-bond acceptors (Lipinski definition) is 5. The van der Waals surface area contributed by atoms with Gasteiger partial charge in [-0.1, -0.05) is 11.6 Å². The Bertz CT molecular complexity index is 649. The first-order chi connectivity index (χ1) is 10.1. The lowest BCUT2D eigenvalue weighted by Gasteiger charge is -2.35. The summed E-state index contributed by atoms with van der Waals surface area (Å²) in [5.41, 5.74) is 7.50. The van der Waals surface area contributed by atoms with Gasteiger partial charge in [0.05, 0.1) is 17.4 Å². The second-order valence-electron chi connectivity index (χ2n) is 5.18. The second kappa shape index (κ2) is 5.50. The molecule has 5 nitrogen and oxygen atoms in total. The number of anilines is 1. The fraction of sp³-hybridized carbons (Fsp3) is 0.333. The molecule has 2 aliphatic heterocycles. The average Bonchev–Trinajstić information content (AvgIpc) is 2.46. The molecule has 21 heavy (non-hydrogen) atoms. The van der Waals surface area contributed by atoms with E-state index in [0.29, 0.717) is 11.6 Å². The van der Waals surface area contributed by atoms with E-state index in [-0.39, 0.29) is 6.04 Å². The van der Waals surface area contributed by atoms with Gasteiger partial charge >= 0.3 is 0 Å². The number of nitrogens with zero attached hydrogens (tertiary/aromatic N) is 4. The van der Waals surface area contributed by atoms with Crippen LogP contribution in [0.2, 0.25) is 5.02 Å². The minimum Gasteiger partial charge on any atom is -0.355 e. The van der Waals surface area contributed by atoms with Crippen LogP contribution in [0.4, 0.5) is 11.4 Å². The summed E-state index contributed by atoms with van der Waals surface area (Å²) in [6.45, 7) is 3.35. The molecule has 2 heterocycles. The number of fused-ring (bicyclic) bond motifs is 3. The number of rotatable bonds is 2. The van der Waals surface area contributed by atoms with Crippen LogP contribution in [0.15, 0.2) is 40.5 Å². The second-order valence-corrected chi connectivity index (χ2v) is 5.62. The first-order valence-electron chi connectivity index (χ1n) is 6.95. The van der Waals surface area contributed by atoms with E-state index in [9.17, 15) is 0 Å². The van der Waals surface area contributed by atoms with Crippen molar-refractivity contribution >= 4 is 34.6 Å². The number of halogens is 1. The lowest BCUT2D eigenvalue weighted by Crippen LogP contribution is -2.46. The standard InChI is InChI=1S/C15H18ClN5/c1-10-5-7-21-13-9-11(16)3-4-12(13)19-14(15(21)18-10)20(2)8-6-17/h3-5,7,9-10H,6,8,17H2,1-2H3. The van der Waals surface area contributed by atoms with Crippen molar-refractivity contribution in [3.63, 3.8) is 0 Å². The average molecular weight is 304 g/mol. The molecule has 6 heteroatoms. The van der Waals surface area contributed by atoms with Gasteiger partial charge in [0.15, 0.2) is 11.7 Å². The molecule has 0 saturated heterocycles. The van der Waals surface area contributed by atoms with E-state index < -0.39 is 0 Å². The number of likely N-dealkylation sites (N-methyl/N-ethyl adjacent to an activating group) is 1. The van der Waals surface area contributed by atoms with Gasteiger partial charge in [0.25, 0.3) is 0 Å². The number of hydrogen-bond donors (Lipinski definition) is 1. The molecule has 3 rings (SSSR count). The number of nitrogens with two attached hydrogens (primary N) is 1. The van der Waals surface area contributed by atoms with Crippen LogP contribution in [0.3, 0.4) is 0 Å². The van der Waals surface area contributed by atoms with Gasteiger partial charge in [-0.2, -0.15) is 0 Å². The molecule has 2 N–H and O–H groups in total. The van der Waals surface area contributed by atoms with Crippen molar-refractivity contribution in [2.24, 2.45) is 15.7 Å². The van der Waals surface area contributed by atoms with Gasteiger partial charge in [-0.25, -0.2) is 4.99 Å². The molecule has 0 radical (unpaired) electrons. The van der Waals surface area contributed by atoms with E-state index in [4.69, 9.17) is 27.3 Å². The molecule has 0 amide bonds. The smallest absolute Gasteiger partial charge is 0.176 e. The fourth-order valence-corrected chi connectivity index (χ4v) is 2.61. The van der Waals surface area contributed by atoms with Crippen molar-refractivity contribution in [1.29, 1.82) is 0 Å². The van der Waals surface area contributed by atoms with Crippen molar-refractivity contribution in [3.05, 3.63) is 35.5 Å². The minimum atomic E-state index is 0.133. The van der Waals surface area contributed by atoms with Crippen LogP contribution >= 0.6 is 11.6 Å². The van der Waals surface area contributed by atoms with Gasteiger partial charge < -0.3 is 10.6 Å². The number of aliphatic imine (C=N–C) groups is 2. The van der Waals surface area contributed by atoms with Crippen molar-refractivity contribution in [2.45, 2.75) is 13.0 Å². The van der Waals surface area contributed by atoms with Gasteiger partial charge in [0.1, 0.15) is 0 Å². The molecule has 0 aliphatic carbocycles. The van der Waals surface area contributed by atoms with Crippen molar-refractivity contribution in [3.8, 4) is 0 Å². The van der Waals surface area contributed by atoms with Crippen LogP contribution in [0, 0.1) is 0 Å². The van der Waals surface area contributed by atoms with Crippen LogP contribution in [0.25, 0.3) is 0 Å². The van der Waals surface area contributed by atoms with Crippen LogP contribution in [0.1, 0.15) is 6.92 Å². The first-order valence-corrected chi connectivity index (χ1v) is 7.33. The zero-order valence-electron chi connectivity index (χ0n) is 12.1. The zero-order chi connectivity index (χ0) is 15.0. The Labute approximate surface area is 129 Å². The molecule has 1 atom stereocenters. The predicted molar refractivity (Wildman–Crippen MR) is 88.7 cm³/mol. The Kier molecular flexibility index (Phi) is 3.69. The summed E-state index contributed by atoms with van der Waals surface area (Å²) in [5, 5.41) is 0.689. The minimum absolute atomic E-state index is 0.133. The van der Waals surface area contributed by atoms with Crippen LogP contribution < -0.4 is 10.6 Å². The maximum Gasteiger partial charge on any atom is 0.176 e. The third-order valence-corrected chi connectivity index (χ3v) is 3.75. The lowest BCUT2D eigenvalue weighted by atomic mass is 10.1. The molecule has 0 saturated carbocycles. The summed E-state index contributed by atoms with van der Waals surface area (Å²) in [6, 6.07) is 5.82. The van der Waals surface area contributed by atoms with Crippen LogP contribution in [-0.4, -0.2) is 42.8 Å². The Balaban J connectivity index is 2.13. The summed E-state index contributed by atoms with van der Waals surface area (Å²) >= 11 is 6.12. The van der Waals surface area contributed by atoms with Crippen molar-refractivity contribution < 1.29 is 0 Å². The summed E-state index contributed by atoms with van der Waals surface area (Å²) in [7, 11) is 1.98. The molecule has 1 aromatic carbocycles. The normalized spacial score (nSPS) is 19.6. The molecule has 2 aliphatic rings. The highest BCUT2D eigenvalue weighted by Crippen LogP contribution is 2.37. The largest absolute Gasteiger partial charge is 0.355 e. The highest BCUT2D eigenvalue weighted by Gasteiger charge is 2.29. The highest BCUT2D eigenvalue weighted by molar-refractivity contribution is 6.48. The first kappa shape index (κ1) is 14.1. The fourth-order valence-electron chi connectivity index (χ4n) is 2.44. The maximum absolute atomic E-state index is 6.12. The molecule has 0 aromatic heterocycles. The molecule has 1 aromatic rings. The molecule has 1 unspecified atom stereocenters. The van der Waals surface area contributed by atoms with Gasteiger partial charge in [0, 0.05) is 31.4 Å². The molecular weight excluding hydrogens is 286 g/mol. The van der Waals surface area contributed by atoms with Crippen LogP contribution in [-0.2, 0) is 0 Å². The Morgan fingerprint density at radius 2 is 2.24 bits per heavy atom. The molecule has 110 valence electrons. The molecule has 0 fully saturated rings. The van der Waals surface area contributed by atoms with Gasteiger partial charge in [-0.3, -0.25) is 9.89 Å². The third-order valence-electron chi connectivity index (χ3n) is 3.52. The van der Waals surface area contributed by atoms with Gasteiger partial charge in [-0.15, -0.1) is 0 Å². The SMILES string of the molecule is CC1C=CN2C(=N1)C(N(C)CCN)=Nc1ccc(Cl)cc12. The van der Waals surface area contributed by atoms with Gasteiger partial charge in [0.2, 0.25) is 0 Å². The topological polar surface area (TPSA) is 57.2 Å². The Morgan fingerprint density at radius 3 is 3.00 bits per heavy atom. The monoisotopic (exact) mass is 303 g/mol. The van der Waals surface area contributed by atoms with E-state index >= 15 is 0 Å². The lowest BCUT2D eigenvalue weighted by molar-refractivity contribution is 0.520. The van der Waals surface area contributed by atoms with E-state index in [1.54, 1.807) is 0 Å². The third kappa shape index (κ3) is 2.54. The summed E-state index contributed by atoms with van der Waals surface area (Å²) in [6.07, 6.45) is 4.09. The predicted octanol–water partition coefficient (Wildman–Crippen LogP) is 2.39. The molecule has 0 spiro atoms. The summed E-state index contributed by atoms with van der Waals surface area (Å²) in [4.78, 5) is 13.5. The highest BCUT2D eigenvalue weighted by atomic mass is 35.5. The van der Waals surface area contributed by atoms with E-state index in [2.05, 4.69) is 13.0 Å². The zero-order valence-corrected chi connectivity index (χ0v) is 12.9. The van der Waals surface area contributed by atoms with E-state index in [0.717, 1.165) is 29.6 Å². The van der Waals surface area contributed by atoms with Crippen LogP contribution in [0.5, 0.6) is 0 Å². The number of benzene rings is 1. The quantitative estimate of drug-likeness (QED) is 0.912. The summed E-state index contributed by atoms with van der Waals surface area (Å²) < 4.78 is 0. The van der Waals surface area contributed by atoms with Crippen molar-refractivity contribution in [1.82, 2.24) is 4.90 Å². The van der Waals surface area contributed by atoms with E-state index in [1.165, 1.54) is 0 Å². The Hall–Kier alpha value is -1.85. The van der Waals surface area contributed by atoms with E-state index in [1.807, 2.05) is 41.2 Å².